The molecule has 1 aromatic carbocycles. The van der Waals surface area contributed by atoms with Crippen LogP contribution in [0.3, 0.4) is 0 Å². The number of ether oxygens (including phenoxy) is 2. The third-order valence-corrected chi connectivity index (χ3v) is 9.19. The lowest BCUT2D eigenvalue weighted by molar-refractivity contribution is -0.870. The van der Waals surface area contributed by atoms with Gasteiger partial charge >= 0.3 is 7.82 Å². The Morgan fingerprint density at radius 2 is 1.48 bits per heavy atom. The first-order valence-electron chi connectivity index (χ1n) is 17.1. The van der Waals surface area contributed by atoms with E-state index >= 15 is 0 Å². The molecule has 4 atom stereocenters. The van der Waals surface area contributed by atoms with Gasteiger partial charge in [0.25, 0.3) is 18.6 Å². The molecule has 4 unspecified atom stereocenters. The van der Waals surface area contributed by atoms with E-state index in [0.29, 0.717) is 23.6 Å². The Kier molecular flexibility index (Phi) is 20.7. The van der Waals surface area contributed by atoms with Gasteiger partial charge in [-0.2, -0.15) is 0 Å². The highest BCUT2D eigenvalue weighted by Gasteiger charge is 2.56. The smallest absolute Gasteiger partial charge is 0.452 e. The molecule has 0 spiro atoms. The summed E-state index contributed by atoms with van der Waals surface area (Å²) in [5.41, 5.74) is -3.11. The lowest BCUT2D eigenvalue weighted by Gasteiger charge is -2.37. The Bertz CT molecular complexity index is 1270. The van der Waals surface area contributed by atoms with E-state index in [1.807, 2.05) is 21.1 Å². The van der Waals surface area contributed by atoms with Crippen LogP contribution in [0.5, 0.6) is 0 Å². The molecular formula is C34H54N2O13P+. The Morgan fingerprint density at radius 3 is 1.96 bits per heavy atom. The molecule has 0 aliphatic heterocycles. The number of likely N-dealkylation sites (N-methyl/N-ethyl adjacent to an activating group) is 1. The number of nitrogens with zero attached hydrogens (tertiary/aromatic N) is 2. The van der Waals surface area contributed by atoms with Gasteiger partial charge in [0, 0.05) is 25.0 Å². The van der Waals surface area contributed by atoms with Crippen molar-refractivity contribution >= 4 is 44.3 Å². The van der Waals surface area contributed by atoms with Crippen molar-refractivity contribution in [1.82, 2.24) is 0 Å². The zero-order valence-corrected chi connectivity index (χ0v) is 30.6. The van der Waals surface area contributed by atoms with Crippen molar-refractivity contribution in [2.45, 2.75) is 108 Å². The molecule has 1 rings (SSSR count). The highest BCUT2D eigenvalue weighted by Crippen LogP contribution is 2.45. The molecule has 0 aliphatic rings. The molecule has 0 amide bonds. The number of benzene rings is 1. The maximum atomic E-state index is 14.4. The number of unbranched alkanes of at least 4 members (excludes halogenated alkanes) is 10. The highest BCUT2D eigenvalue weighted by atomic mass is 31.2. The van der Waals surface area contributed by atoms with Crippen LogP contribution in [0.15, 0.2) is 24.3 Å². The average molecular weight is 730 g/mol. The van der Waals surface area contributed by atoms with Crippen LogP contribution in [0.1, 0.15) is 102 Å². The van der Waals surface area contributed by atoms with Gasteiger partial charge in [-0.1, -0.05) is 83.3 Å². The fourth-order valence-corrected chi connectivity index (χ4v) is 6.11. The molecule has 1 N–H and O–H groups in total. The van der Waals surface area contributed by atoms with Crippen LogP contribution >= 0.6 is 7.82 Å². The van der Waals surface area contributed by atoms with Crippen molar-refractivity contribution < 1.29 is 61.4 Å². The molecule has 16 heteroatoms. The first kappa shape index (κ1) is 44.7. The maximum absolute atomic E-state index is 14.4. The lowest BCUT2D eigenvalue weighted by atomic mass is 9.78. The SMILES string of the molecule is CCCCCCCCCCCCCC(=O)C(OC=O)C(COP(=O)(O)OCC[N+](C)(C)C)(OC=O)C(=O)C(CC=O)c1ccc([N+](=O)[O-])cc1. The van der Waals surface area contributed by atoms with Crippen molar-refractivity contribution in [2.75, 3.05) is 40.9 Å². The van der Waals surface area contributed by atoms with Gasteiger partial charge in [0.1, 0.15) is 26.0 Å². The van der Waals surface area contributed by atoms with E-state index in [1.165, 1.54) is 44.2 Å². The number of hydrogen-bond acceptors (Lipinski definition) is 12. The molecule has 15 nitrogen and oxygen atoms in total. The minimum absolute atomic E-state index is 0.0561. The number of aldehydes is 1. The van der Waals surface area contributed by atoms with Crippen molar-refractivity contribution in [1.29, 1.82) is 0 Å². The third kappa shape index (κ3) is 16.1. The summed E-state index contributed by atoms with van der Waals surface area (Å²) in [6.07, 6.45) is 8.44. The first-order valence-corrected chi connectivity index (χ1v) is 18.6. The van der Waals surface area contributed by atoms with Gasteiger partial charge in [0.15, 0.2) is 11.6 Å². The van der Waals surface area contributed by atoms with Gasteiger partial charge in [-0.15, -0.1) is 0 Å². The number of rotatable bonds is 31. The lowest BCUT2D eigenvalue weighted by Crippen LogP contribution is -2.60. The van der Waals surface area contributed by atoms with E-state index in [9.17, 15) is 43.5 Å². The molecule has 50 heavy (non-hydrogen) atoms. The van der Waals surface area contributed by atoms with Crippen LogP contribution in [0.2, 0.25) is 0 Å². The van der Waals surface area contributed by atoms with Crippen molar-refractivity contribution in [3.8, 4) is 0 Å². The molecule has 0 saturated carbocycles. The van der Waals surface area contributed by atoms with Gasteiger partial charge < -0.3 is 23.6 Å². The van der Waals surface area contributed by atoms with Crippen LogP contribution in [-0.4, -0.2) is 97.7 Å². The quantitative estimate of drug-likeness (QED) is 0.0254. The second-order valence-corrected chi connectivity index (χ2v) is 14.7. The predicted molar refractivity (Wildman–Crippen MR) is 183 cm³/mol. The molecule has 282 valence electrons. The van der Waals surface area contributed by atoms with Crippen LogP contribution < -0.4 is 0 Å². The molecular weight excluding hydrogens is 675 g/mol. The zero-order chi connectivity index (χ0) is 37.6. The van der Waals surface area contributed by atoms with Gasteiger partial charge in [-0.05, 0) is 12.0 Å². The number of phosphoric acid groups is 1. The first-order chi connectivity index (χ1) is 23.7. The standard InChI is InChI=1S/C34H53N2O13P/c1-5-6-7-8-9-10-11-12-13-14-15-16-31(40)33(46-26-38)34(47-27-39,25-49-50(44,45)48-24-22-36(2,3)4)32(41)30(21-23-37)28-17-19-29(20-18-28)35(42)43/h17-20,23,26-27,30,33H,5-16,21-22,24-25H2,1-4H3/p+1. The van der Waals surface area contributed by atoms with Crippen molar-refractivity contribution in [3.05, 3.63) is 39.9 Å². The fraction of sp³-hybridized carbons (Fsp3) is 0.676. The van der Waals surface area contributed by atoms with E-state index in [1.54, 1.807) is 0 Å². The summed E-state index contributed by atoms with van der Waals surface area (Å²) in [6, 6.07) is 4.56. The Balaban J connectivity index is 3.36. The molecule has 1 aromatic rings. The number of nitro groups is 1. The van der Waals surface area contributed by atoms with Gasteiger partial charge in [-0.25, -0.2) is 4.57 Å². The number of nitro benzene ring substituents is 1. The minimum atomic E-state index is -4.97. The number of non-ortho nitro benzene ring substituents is 1. The summed E-state index contributed by atoms with van der Waals surface area (Å²) in [5, 5.41) is 11.2. The van der Waals surface area contributed by atoms with E-state index in [-0.39, 0.29) is 43.8 Å². The topological polar surface area (TPSA) is 203 Å². The monoisotopic (exact) mass is 729 g/mol. The zero-order valence-electron chi connectivity index (χ0n) is 29.7. The largest absolute Gasteiger partial charge is 0.472 e. The number of ketones is 2. The average Bonchev–Trinajstić information content (AvgIpc) is 3.06. The van der Waals surface area contributed by atoms with E-state index in [0.717, 1.165) is 37.8 Å². The van der Waals surface area contributed by atoms with Gasteiger partial charge in [0.2, 0.25) is 11.7 Å². The number of carbonyl (C=O) groups excluding carboxylic acids is 5. The molecule has 0 fully saturated rings. The number of Topliss-reactive ketones (excluding diaryl/α,β-unsaturated/α-hetero) is 2. The summed E-state index contributed by atoms with van der Waals surface area (Å²) in [7, 11) is 0.455. The Labute approximate surface area is 294 Å². The summed E-state index contributed by atoms with van der Waals surface area (Å²) >= 11 is 0. The second-order valence-electron chi connectivity index (χ2n) is 13.2. The number of carbonyl (C=O) groups is 5. The van der Waals surface area contributed by atoms with Gasteiger partial charge in [-0.3, -0.25) is 38.3 Å². The van der Waals surface area contributed by atoms with Gasteiger partial charge in [0.05, 0.1) is 32.0 Å². The second kappa shape index (κ2) is 23.2. The molecule has 0 radical (unpaired) electrons. The van der Waals surface area contributed by atoms with Crippen LogP contribution in [0.25, 0.3) is 0 Å². The fourth-order valence-electron chi connectivity index (χ4n) is 5.37. The minimum Gasteiger partial charge on any atom is -0.452 e. The predicted octanol–water partition coefficient (Wildman–Crippen LogP) is 5.40. The molecule has 0 heterocycles. The Morgan fingerprint density at radius 1 is 0.920 bits per heavy atom. The van der Waals surface area contributed by atoms with E-state index in [4.69, 9.17) is 18.5 Å². The van der Waals surface area contributed by atoms with Crippen LogP contribution in [0, 0.1) is 10.1 Å². The number of quaternary nitrogens is 1. The van der Waals surface area contributed by atoms with E-state index in [2.05, 4.69) is 6.92 Å². The molecule has 0 saturated heterocycles. The van der Waals surface area contributed by atoms with E-state index < -0.39 is 55.0 Å². The molecule has 0 aliphatic carbocycles. The van der Waals surface area contributed by atoms with Crippen LogP contribution in [-0.2, 0) is 47.1 Å². The molecule has 0 aromatic heterocycles. The third-order valence-electron chi connectivity index (χ3n) is 8.22. The van der Waals surface area contributed by atoms with Crippen LogP contribution in [0.4, 0.5) is 5.69 Å². The summed E-state index contributed by atoms with van der Waals surface area (Å²) < 4.78 is 33.8. The summed E-state index contributed by atoms with van der Waals surface area (Å²) in [4.78, 5) is 84.5. The number of phosphoric ester groups is 1. The normalized spacial score (nSPS) is 15.1. The van der Waals surface area contributed by atoms with Crippen molar-refractivity contribution in [2.24, 2.45) is 0 Å². The maximum Gasteiger partial charge on any atom is 0.472 e. The summed E-state index contributed by atoms with van der Waals surface area (Å²) in [6.45, 7) is 0.590. The molecule has 0 bridgehead atoms. The summed E-state index contributed by atoms with van der Waals surface area (Å²) in [5.74, 6) is -3.53. The van der Waals surface area contributed by atoms with Crippen molar-refractivity contribution in [3.63, 3.8) is 0 Å². The Hall–Kier alpha value is -3.36. The highest BCUT2D eigenvalue weighted by molar-refractivity contribution is 7.47. The number of hydrogen-bond donors (Lipinski definition) is 1.